The molecule has 70 valence electrons. The van der Waals surface area contributed by atoms with Gasteiger partial charge in [-0.25, -0.2) is 4.98 Å². The van der Waals surface area contributed by atoms with E-state index in [1.165, 1.54) is 6.07 Å². The summed E-state index contributed by atoms with van der Waals surface area (Å²) < 4.78 is 12.7. The van der Waals surface area contributed by atoms with Crippen LogP contribution in [0.4, 0.5) is 4.39 Å². The minimum Gasteiger partial charge on any atom is -0.265 e. The molecule has 0 N–H and O–H groups in total. The highest BCUT2D eigenvalue weighted by Crippen LogP contribution is 2.21. The van der Waals surface area contributed by atoms with Crippen molar-refractivity contribution < 1.29 is 4.39 Å². The van der Waals surface area contributed by atoms with E-state index in [1.54, 1.807) is 18.6 Å². The van der Waals surface area contributed by atoms with Crippen LogP contribution in [0.1, 0.15) is 5.56 Å². The van der Waals surface area contributed by atoms with Gasteiger partial charge in [0.1, 0.15) is 0 Å². The number of rotatable bonds is 1. The molecule has 2 heterocycles. The molecule has 0 spiro atoms. The number of hydrogen-bond acceptors (Lipinski definition) is 2. The van der Waals surface area contributed by atoms with Crippen LogP contribution in [0.15, 0.2) is 36.8 Å². The Bertz CT molecular complexity index is 440. The highest BCUT2D eigenvalue weighted by Gasteiger charge is 2.02. The summed E-state index contributed by atoms with van der Waals surface area (Å²) in [6.07, 6.45) is 4.95. The number of nitrogens with zero attached hydrogens (tertiary/aromatic N) is 2. The van der Waals surface area contributed by atoms with Crippen LogP contribution >= 0.6 is 0 Å². The molecule has 2 nitrogen and oxygen atoms in total. The summed E-state index contributed by atoms with van der Waals surface area (Å²) in [5.74, 6) is -0.444. The zero-order valence-electron chi connectivity index (χ0n) is 7.74. The summed E-state index contributed by atoms with van der Waals surface area (Å²) >= 11 is 0. The largest absolute Gasteiger partial charge is 0.265 e. The van der Waals surface area contributed by atoms with Crippen LogP contribution in [0.2, 0.25) is 0 Å². The number of halogens is 1. The monoisotopic (exact) mass is 188 g/mol. The maximum atomic E-state index is 12.7. The second-order valence-electron chi connectivity index (χ2n) is 3.06. The topological polar surface area (TPSA) is 25.8 Å². The molecule has 3 heteroatoms. The van der Waals surface area contributed by atoms with Gasteiger partial charge in [0.15, 0.2) is 0 Å². The molecule has 2 rings (SSSR count). The van der Waals surface area contributed by atoms with Gasteiger partial charge in [0.2, 0.25) is 5.95 Å². The molecular formula is C11H9FN2. The summed E-state index contributed by atoms with van der Waals surface area (Å²) in [6.45, 7) is 1.86. The van der Waals surface area contributed by atoms with Crippen molar-refractivity contribution in [3.8, 4) is 11.1 Å². The molecule has 2 aromatic rings. The van der Waals surface area contributed by atoms with Gasteiger partial charge in [-0.3, -0.25) is 4.98 Å². The minimum atomic E-state index is -0.444. The molecule has 0 aliphatic heterocycles. The molecule has 0 fully saturated rings. The van der Waals surface area contributed by atoms with Gasteiger partial charge in [-0.2, -0.15) is 4.39 Å². The van der Waals surface area contributed by atoms with Gasteiger partial charge >= 0.3 is 0 Å². The third-order valence-corrected chi connectivity index (χ3v) is 2.07. The highest BCUT2D eigenvalue weighted by atomic mass is 19.1. The zero-order chi connectivity index (χ0) is 9.97. The molecule has 0 unspecified atom stereocenters. The number of aromatic nitrogens is 2. The van der Waals surface area contributed by atoms with E-state index in [1.807, 2.05) is 19.1 Å². The molecule has 2 aromatic heterocycles. The van der Waals surface area contributed by atoms with E-state index in [-0.39, 0.29) is 0 Å². The van der Waals surface area contributed by atoms with Crippen molar-refractivity contribution in [2.45, 2.75) is 6.92 Å². The van der Waals surface area contributed by atoms with Crippen molar-refractivity contribution in [2.24, 2.45) is 0 Å². The van der Waals surface area contributed by atoms with Crippen LogP contribution < -0.4 is 0 Å². The van der Waals surface area contributed by atoms with E-state index in [4.69, 9.17) is 0 Å². The molecule has 0 radical (unpaired) electrons. The van der Waals surface area contributed by atoms with Crippen molar-refractivity contribution in [3.63, 3.8) is 0 Å². The van der Waals surface area contributed by atoms with E-state index < -0.39 is 5.95 Å². The average molecular weight is 188 g/mol. The van der Waals surface area contributed by atoms with Gasteiger partial charge in [0, 0.05) is 24.2 Å². The van der Waals surface area contributed by atoms with Crippen molar-refractivity contribution in [2.75, 3.05) is 0 Å². The predicted octanol–water partition coefficient (Wildman–Crippen LogP) is 2.59. The molecule has 0 bridgehead atoms. The molecule has 0 aliphatic carbocycles. The van der Waals surface area contributed by atoms with Gasteiger partial charge in [-0.05, 0) is 36.2 Å². The van der Waals surface area contributed by atoms with Crippen molar-refractivity contribution >= 4 is 0 Å². The summed E-state index contributed by atoms with van der Waals surface area (Å²) in [6, 6.07) is 5.18. The number of hydrogen-bond donors (Lipinski definition) is 0. The first kappa shape index (κ1) is 8.81. The Hall–Kier alpha value is -1.77. The smallest absolute Gasteiger partial charge is 0.213 e. The molecule has 0 saturated carbocycles. The predicted molar refractivity (Wildman–Crippen MR) is 52.2 cm³/mol. The van der Waals surface area contributed by atoms with Gasteiger partial charge in [0.25, 0.3) is 0 Å². The third-order valence-electron chi connectivity index (χ3n) is 2.07. The standard InChI is InChI=1S/C11H9FN2/c1-8-6-11(12)14-7-10(8)9-2-4-13-5-3-9/h2-7H,1H3. The Kier molecular flexibility index (Phi) is 2.23. The zero-order valence-corrected chi connectivity index (χ0v) is 7.74. The second-order valence-corrected chi connectivity index (χ2v) is 3.06. The fraction of sp³-hybridized carbons (Fsp3) is 0.0909. The Labute approximate surface area is 81.5 Å². The van der Waals surface area contributed by atoms with E-state index in [2.05, 4.69) is 9.97 Å². The van der Waals surface area contributed by atoms with Crippen LogP contribution in [0.3, 0.4) is 0 Å². The fourth-order valence-corrected chi connectivity index (χ4v) is 1.36. The maximum absolute atomic E-state index is 12.7. The summed E-state index contributed by atoms with van der Waals surface area (Å²) in [7, 11) is 0. The Balaban J connectivity index is 2.53. The molecule has 0 aliphatic rings. The van der Waals surface area contributed by atoms with Crippen LogP contribution in [0, 0.1) is 12.9 Å². The van der Waals surface area contributed by atoms with E-state index in [0.717, 1.165) is 16.7 Å². The molecular weight excluding hydrogens is 179 g/mol. The van der Waals surface area contributed by atoms with Crippen molar-refractivity contribution in [1.82, 2.24) is 9.97 Å². The van der Waals surface area contributed by atoms with E-state index in [0.29, 0.717) is 0 Å². The number of pyridine rings is 2. The maximum Gasteiger partial charge on any atom is 0.213 e. The average Bonchev–Trinajstić information content (AvgIpc) is 2.19. The van der Waals surface area contributed by atoms with Crippen molar-refractivity contribution in [3.05, 3.63) is 48.3 Å². The van der Waals surface area contributed by atoms with Gasteiger partial charge in [0.05, 0.1) is 0 Å². The van der Waals surface area contributed by atoms with Gasteiger partial charge in [-0.15, -0.1) is 0 Å². The van der Waals surface area contributed by atoms with Crippen LogP contribution in [-0.4, -0.2) is 9.97 Å². The lowest BCUT2D eigenvalue weighted by Gasteiger charge is -2.04. The van der Waals surface area contributed by atoms with Crippen molar-refractivity contribution in [1.29, 1.82) is 0 Å². The third kappa shape index (κ3) is 1.62. The Morgan fingerprint density at radius 2 is 1.93 bits per heavy atom. The molecule has 0 aromatic carbocycles. The first-order chi connectivity index (χ1) is 6.77. The van der Waals surface area contributed by atoms with Crippen LogP contribution in [0.25, 0.3) is 11.1 Å². The lowest BCUT2D eigenvalue weighted by Crippen LogP contribution is -1.88. The normalized spacial score (nSPS) is 10.1. The fourth-order valence-electron chi connectivity index (χ4n) is 1.36. The lowest BCUT2D eigenvalue weighted by molar-refractivity contribution is 0.583. The van der Waals surface area contributed by atoms with E-state index >= 15 is 0 Å². The quantitative estimate of drug-likeness (QED) is 0.643. The molecule has 14 heavy (non-hydrogen) atoms. The Morgan fingerprint density at radius 3 is 2.57 bits per heavy atom. The minimum absolute atomic E-state index is 0.444. The molecule has 0 saturated heterocycles. The van der Waals surface area contributed by atoms with Crippen LogP contribution in [0.5, 0.6) is 0 Å². The first-order valence-corrected chi connectivity index (χ1v) is 4.30. The van der Waals surface area contributed by atoms with Crippen LogP contribution in [-0.2, 0) is 0 Å². The SMILES string of the molecule is Cc1cc(F)ncc1-c1ccncc1. The summed E-state index contributed by atoms with van der Waals surface area (Å²) in [4.78, 5) is 7.55. The second kappa shape index (κ2) is 3.54. The van der Waals surface area contributed by atoms with E-state index in [9.17, 15) is 4.39 Å². The highest BCUT2D eigenvalue weighted by molar-refractivity contribution is 5.65. The summed E-state index contributed by atoms with van der Waals surface area (Å²) in [5, 5.41) is 0. The summed E-state index contributed by atoms with van der Waals surface area (Å²) in [5.41, 5.74) is 2.82. The molecule has 0 atom stereocenters. The van der Waals surface area contributed by atoms with Gasteiger partial charge < -0.3 is 0 Å². The van der Waals surface area contributed by atoms with Gasteiger partial charge in [-0.1, -0.05) is 0 Å². The number of aryl methyl sites for hydroxylation is 1. The molecule has 0 amide bonds. The lowest BCUT2D eigenvalue weighted by atomic mass is 10.0. The Morgan fingerprint density at radius 1 is 1.21 bits per heavy atom. The first-order valence-electron chi connectivity index (χ1n) is 4.30.